The zero-order valence-electron chi connectivity index (χ0n) is 14.9. The highest BCUT2D eigenvalue weighted by Crippen LogP contribution is 2.32. The van der Waals surface area contributed by atoms with E-state index in [0.717, 1.165) is 34.1 Å². The molecule has 0 radical (unpaired) electrons. The maximum Gasteiger partial charge on any atom is 0.322 e. The number of benzene rings is 2. The number of amides is 2. The van der Waals surface area contributed by atoms with Crippen LogP contribution in [-0.4, -0.2) is 27.6 Å². The number of anilines is 1. The minimum Gasteiger partial charge on any atom is -0.337 e. The Kier molecular flexibility index (Phi) is 4.94. The summed E-state index contributed by atoms with van der Waals surface area (Å²) in [5.74, 6) is 1.01. The topological polar surface area (TPSA) is 71.3 Å². The lowest BCUT2D eigenvalue weighted by molar-refractivity contribution is 0.193. The molecule has 0 aliphatic carbocycles. The summed E-state index contributed by atoms with van der Waals surface area (Å²) >= 11 is 3.42. The van der Waals surface area contributed by atoms with E-state index in [1.807, 2.05) is 55.5 Å². The fourth-order valence-electron chi connectivity index (χ4n) is 3.27. The standard InChI is InChI=1S/C20H19BrN4O2/c1-13-4-2-5-16(12-13)22-20(26)25-11-3-6-17(25)19-23-18(24-27-19)14-7-9-15(21)10-8-14/h2,4-5,7-10,12,17H,3,6,11H2,1H3,(H,22,26). The van der Waals surface area contributed by atoms with E-state index in [1.165, 1.54) is 0 Å². The smallest absolute Gasteiger partial charge is 0.322 e. The molecular weight excluding hydrogens is 408 g/mol. The monoisotopic (exact) mass is 426 g/mol. The summed E-state index contributed by atoms with van der Waals surface area (Å²) < 4.78 is 6.48. The summed E-state index contributed by atoms with van der Waals surface area (Å²) in [4.78, 5) is 19.0. The number of nitrogens with one attached hydrogen (secondary N) is 1. The SMILES string of the molecule is Cc1cccc(NC(=O)N2CCCC2c2nc(-c3ccc(Br)cc3)no2)c1. The van der Waals surface area contributed by atoms with E-state index >= 15 is 0 Å². The van der Waals surface area contributed by atoms with Crippen molar-refractivity contribution >= 4 is 27.6 Å². The van der Waals surface area contributed by atoms with Crippen LogP contribution in [0.25, 0.3) is 11.4 Å². The highest BCUT2D eigenvalue weighted by atomic mass is 79.9. The number of rotatable bonds is 3. The first-order valence-electron chi connectivity index (χ1n) is 8.84. The van der Waals surface area contributed by atoms with E-state index in [4.69, 9.17) is 4.52 Å². The van der Waals surface area contributed by atoms with E-state index in [9.17, 15) is 4.79 Å². The largest absolute Gasteiger partial charge is 0.337 e. The number of carbonyl (C=O) groups is 1. The van der Waals surface area contributed by atoms with Crippen LogP contribution in [-0.2, 0) is 0 Å². The molecule has 1 aliphatic heterocycles. The summed E-state index contributed by atoms with van der Waals surface area (Å²) in [7, 11) is 0. The average molecular weight is 427 g/mol. The van der Waals surface area contributed by atoms with Crippen molar-refractivity contribution < 1.29 is 9.32 Å². The molecule has 1 atom stereocenters. The molecule has 0 saturated carbocycles. The molecule has 0 bridgehead atoms. The number of aryl methyl sites for hydroxylation is 1. The lowest BCUT2D eigenvalue weighted by atomic mass is 10.2. The second kappa shape index (κ2) is 7.52. The number of halogens is 1. The lowest BCUT2D eigenvalue weighted by Gasteiger charge is -2.22. The number of carbonyl (C=O) groups excluding carboxylic acids is 1. The van der Waals surface area contributed by atoms with Crippen LogP contribution in [0.15, 0.2) is 57.5 Å². The van der Waals surface area contributed by atoms with Gasteiger partial charge in [-0.25, -0.2) is 4.79 Å². The van der Waals surface area contributed by atoms with Gasteiger partial charge >= 0.3 is 6.03 Å². The number of urea groups is 1. The second-order valence-corrected chi connectivity index (χ2v) is 7.53. The van der Waals surface area contributed by atoms with Crippen molar-refractivity contribution in [2.75, 3.05) is 11.9 Å². The van der Waals surface area contributed by atoms with E-state index in [0.29, 0.717) is 18.3 Å². The molecule has 4 rings (SSSR count). The van der Waals surface area contributed by atoms with E-state index in [-0.39, 0.29) is 12.1 Å². The van der Waals surface area contributed by atoms with Gasteiger partial charge in [-0.2, -0.15) is 4.98 Å². The van der Waals surface area contributed by atoms with Crippen LogP contribution in [0.5, 0.6) is 0 Å². The Morgan fingerprint density at radius 3 is 2.85 bits per heavy atom. The Hall–Kier alpha value is -2.67. The van der Waals surface area contributed by atoms with Crippen LogP contribution < -0.4 is 5.32 Å². The van der Waals surface area contributed by atoms with Crippen LogP contribution in [0, 0.1) is 6.92 Å². The van der Waals surface area contributed by atoms with Gasteiger partial charge in [-0.05, 0) is 61.7 Å². The number of hydrogen-bond acceptors (Lipinski definition) is 4. The van der Waals surface area contributed by atoms with Crippen molar-refractivity contribution in [3.8, 4) is 11.4 Å². The van der Waals surface area contributed by atoms with Crippen molar-refractivity contribution in [1.82, 2.24) is 15.0 Å². The molecule has 2 aromatic carbocycles. The van der Waals surface area contributed by atoms with Gasteiger partial charge in [0.05, 0.1) is 0 Å². The van der Waals surface area contributed by atoms with Gasteiger partial charge in [0, 0.05) is 22.3 Å². The molecule has 3 aromatic rings. The average Bonchev–Trinajstić information content (AvgIpc) is 3.31. The molecule has 138 valence electrons. The second-order valence-electron chi connectivity index (χ2n) is 6.61. The minimum absolute atomic E-state index is 0.147. The zero-order chi connectivity index (χ0) is 18.8. The van der Waals surface area contributed by atoms with Crippen LogP contribution >= 0.6 is 15.9 Å². The molecule has 2 heterocycles. The molecule has 27 heavy (non-hydrogen) atoms. The molecule has 1 unspecified atom stereocenters. The first kappa shape index (κ1) is 17.7. The maximum atomic E-state index is 12.7. The van der Waals surface area contributed by atoms with Gasteiger partial charge < -0.3 is 14.7 Å². The van der Waals surface area contributed by atoms with Crippen molar-refractivity contribution in [2.24, 2.45) is 0 Å². The van der Waals surface area contributed by atoms with Gasteiger partial charge in [0.25, 0.3) is 0 Å². The fraction of sp³-hybridized carbons (Fsp3) is 0.250. The quantitative estimate of drug-likeness (QED) is 0.626. The van der Waals surface area contributed by atoms with E-state index in [1.54, 1.807) is 4.90 Å². The van der Waals surface area contributed by atoms with Crippen LogP contribution in [0.3, 0.4) is 0 Å². The Morgan fingerprint density at radius 2 is 2.07 bits per heavy atom. The Bertz CT molecular complexity index is 955. The Balaban J connectivity index is 1.51. The predicted octanol–water partition coefficient (Wildman–Crippen LogP) is 5.18. The summed E-state index contributed by atoms with van der Waals surface area (Å²) in [5.41, 5.74) is 2.76. The Morgan fingerprint density at radius 1 is 1.26 bits per heavy atom. The van der Waals surface area contributed by atoms with Crippen LogP contribution in [0.2, 0.25) is 0 Å². The van der Waals surface area contributed by atoms with Gasteiger partial charge in [-0.1, -0.05) is 33.2 Å². The van der Waals surface area contributed by atoms with Gasteiger partial charge in [0.2, 0.25) is 11.7 Å². The molecule has 1 aromatic heterocycles. The molecule has 0 spiro atoms. The number of nitrogens with zero attached hydrogens (tertiary/aromatic N) is 3. The third-order valence-electron chi connectivity index (χ3n) is 4.61. The summed E-state index contributed by atoms with van der Waals surface area (Å²) in [6, 6.07) is 15.1. The first-order chi connectivity index (χ1) is 13.1. The van der Waals surface area contributed by atoms with Gasteiger partial charge in [-0.15, -0.1) is 0 Å². The number of likely N-dealkylation sites (tertiary alicyclic amines) is 1. The zero-order valence-corrected chi connectivity index (χ0v) is 16.4. The predicted molar refractivity (Wildman–Crippen MR) is 106 cm³/mol. The molecule has 1 aliphatic rings. The highest BCUT2D eigenvalue weighted by molar-refractivity contribution is 9.10. The molecule has 1 fully saturated rings. The molecular formula is C20H19BrN4O2. The lowest BCUT2D eigenvalue weighted by Crippen LogP contribution is -2.34. The maximum absolute atomic E-state index is 12.7. The number of aromatic nitrogens is 2. The van der Waals surface area contributed by atoms with Crippen molar-refractivity contribution in [2.45, 2.75) is 25.8 Å². The molecule has 2 amide bonds. The van der Waals surface area contributed by atoms with Crippen molar-refractivity contribution in [3.05, 3.63) is 64.5 Å². The fourth-order valence-corrected chi connectivity index (χ4v) is 3.54. The minimum atomic E-state index is -0.202. The van der Waals surface area contributed by atoms with Gasteiger partial charge in [0.1, 0.15) is 6.04 Å². The third kappa shape index (κ3) is 3.88. The molecule has 1 saturated heterocycles. The first-order valence-corrected chi connectivity index (χ1v) is 9.63. The van der Waals surface area contributed by atoms with Crippen LogP contribution in [0.4, 0.5) is 10.5 Å². The molecule has 1 N–H and O–H groups in total. The summed E-state index contributed by atoms with van der Waals surface area (Å²) in [6.07, 6.45) is 1.71. The van der Waals surface area contributed by atoms with E-state index < -0.39 is 0 Å². The Labute approximate surface area is 165 Å². The molecule has 6 nitrogen and oxygen atoms in total. The molecule has 7 heteroatoms. The normalized spacial score (nSPS) is 16.5. The van der Waals surface area contributed by atoms with Gasteiger partial charge in [-0.3, -0.25) is 0 Å². The number of hydrogen-bond donors (Lipinski definition) is 1. The van der Waals surface area contributed by atoms with Crippen molar-refractivity contribution in [3.63, 3.8) is 0 Å². The third-order valence-corrected chi connectivity index (χ3v) is 5.14. The highest BCUT2D eigenvalue weighted by Gasteiger charge is 2.34. The van der Waals surface area contributed by atoms with Gasteiger partial charge in [0.15, 0.2) is 0 Å². The summed E-state index contributed by atoms with van der Waals surface area (Å²) in [6.45, 7) is 2.66. The van der Waals surface area contributed by atoms with E-state index in [2.05, 4.69) is 31.4 Å². The van der Waals surface area contributed by atoms with Crippen molar-refractivity contribution in [1.29, 1.82) is 0 Å². The summed E-state index contributed by atoms with van der Waals surface area (Å²) in [5, 5.41) is 7.05. The van der Waals surface area contributed by atoms with Crippen LogP contribution in [0.1, 0.15) is 30.3 Å².